The summed E-state index contributed by atoms with van der Waals surface area (Å²) in [5.74, 6) is 0.423. The van der Waals surface area contributed by atoms with E-state index >= 15 is 0 Å². The maximum atomic E-state index is 12.8. The summed E-state index contributed by atoms with van der Waals surface area (Å²) in [5, 5.41) is 0.000548. The third kappa shape index (κ3) is 4.67. The number of alkyl halides is 4. The van der Waals surface area contributed by atoms with Crippen molar-refractivity contribution in [2.24, 2.45) is 0 Å². The van der Waals surface area contributed by atoms with Gasteiger partial charge in [-0.15, -0.1) is 23.4 Å². The van der Waals surface area contributed by atoms with Crippen molar-refractivity contribution in [1.82, 2.24) is 4.98 Å². The molecule has 0 aliphatic carbocycles. The third-order valence-electron chi connectivity index (χ3n) is 1.95. The molecule has 1 aromatic rings. The molecule has 0 aliphatic heterocycles. The van der Waals surface area contributed by atoms with Crippen molar-refractivity contribution in [3.8, 4) is 0 Å². The summed E-state index contributed by atoms with van der Waals surface area (Å²) >= 11 is 9.64. The molecule has 1 nitrogen and oxygen atoms in total. The quantitative estimate of drug-likeness (QED) is 0.563. The molecular weight excluding hydrogens is 339 g/mol. The van der Waals surface area contributed by atoms with E-state index in [0.29, 0.717) is 16.8 Å². The summed E-state index contributed by atoms with van der Waals surface area (Å²) in [7, 11) is 0. The summed E-state index contributed by atoms with van der Waals surface area (Å²) in [6.07, 6.45) is -2.38. The topological polar surface area (TPSA) is 12.9 Å². The van der Waals surface area contributed by atoms with Crippen LogP contribution < -0.4 is 0 Å². The highest BCUT2D eigenvalue weighted by atomic mass is 79.9. The van der Waals surface area contributed by atoms with Gasteiger partial charge in [0, 0.05) is 21.8 Å². The lowest BCUT2D eigenvalue weighted by molar-refractivity contribution is -0.140. The Morgan fingerprint density at radius 3 is 2.71 bits per heavy atom. The molecule has 1 aromatic heterocycles. The lowest BCUT2D eigenvalue weighted by Crippen LogP contribution is -2.09. The van der Waals surface area contributed by atoms with Crippen LogP contribution in [0.2, 0.25) is 0 Å². The number of hydrogen-bond donors (Lipinski definition) is 0. The van der Waals surface area contributed by atoms with Gasteiger partial charge in [-0.1, -0.05) is 6.92 Å². The molecule has 0 spiro atoms. The van der Waals surface area contributed by atoms with Crippen LogP contribution in [-0.2, 0) is 6.18 Å². The molecule has 0 N–H and O–H groups in total. The van der Waals surface area contributed by atoms with Crippen molar-refractivity contribution in [3.63, 3.8) is 0 Å². The van der Waals surface area contributed by atoms with Gasteiger partial charge < -0.3 is 0 Å². The van der Waals surface area contributed by atoms with E-state index in [9.17, 15) is 13.2 Å². The minimum atomic E-state index is -4.39. The first-order chi connectivity index (χ1) is 7.84. The van der Waals surface area contributed by atoms with E-state index in [0.717, 1.165) is 17.8 Å². The highest BCUT2D eigenvalue weighted by molar-refractivity contribution is 9.10. The number of aromatic nitrogens is 1. The van der Waals surface area contributed by atoms with E-state index in [1.54, 1.807) is 0 Å². The van der Waals surface area contributed by atoms with Gasteiger partial charge in [-0.2, -0.15) is 13.2 Å². The van der Waals surface area contributed by atoms with Gasteiger partial charge in [0.2, 0.25) is 0 Å². The van der Waals surface area contributed by atoms with Gasteiger partial charge >= 0.3 is 6.18 Å². The fraction of sp³-hybridized carbons (Fsp3) is 0.500. The molecule has 0 saturated heterocycles. The number of halogens is 5. The zero-order valence-corrected chi connectivity index (χ0v) is 12.0. The van der Waals surface area contributed by atoms with E-state index in [1.807, 2.05) is 6.92 Å². The molecule has 17 heavy (non-hydrogen) atoms. The van der Waals surface area contributed by atoms with Gasteiger partial charge in [-0.3, -0.25) is 0 Å². The summed E-state index contributed by atoms with van der Waals surface area (Å²) in [6, 6.07) is 1.04. The Hall–Kier alpha value is 0.0600. The zero-order chi connectivity index (χ0) is 13.1. The summed E-state index contributed by atoms with van der Waals surface area (Å²) in [6.45, 7) is 1.83. The Bertz CT molecular complexity index is 386. The fourth-order valence-corrected chi connectivity index (χ4v) is 2.95. The van der Waals surface area contributed by atoms with Gasteiger partial charge in [-0.05, 0) is 28.4 Å². The fourth-order valence-electron chi connectivity index (χ4n) is 1.13. The molecular formula is C10H10BrClF3NS. The average Bonchev–Trinajstić information content (AvgIpc) is 2.19. The summed E-state index contributed by atoms with van der Waals surface area (Å²) in [5.41, 5.74) is -0.710. The minimum Gasteiger partial charge on any atom is -0.248 e. The van der Waals surface area contributed by atoms with Crippen molar-refractivity contribution in [2.45, 2.75) is 29.8 Å². The molecule has 96 valence electrons. The van der Waals surface area contributed by atoms with Crippen LogP contribution in [0.3, 0.4) is 0 Å². The van der Waals surface area contributed by atoms with Crippen LogP contribution in [0.25, 0.3) is 0 Å². The molecule has 1 unspecified atom stereocenters. The van der Waals surface area contributed by atoms with Crippen molar-refractivity contribution in [1.29, 1.82) is 0 Å². The highest BCUT2D eigenvalue weighted by Crippen LogP contribution is 2.38. The predicted molar refractivity (Wildman–Crippen MR) is 67.6 cm³/mol. The van der Waals surface area contributed by atoms with Crippen LogP contribution in [0, 0.1) is 0 Å². The van der Waals surface area contributed by atoms with Gasteiger partial charge in [0.15, 0.2) is 0 Å². The van der Waals surface area contributed by atoms with Crippen molar-refractivity contribution in [2.75, 3.05) is 5.88 Å². The van der Waals surface area contributed by atoms with Crippen molar-refractivity contribution >= 4 is 39.3 Å². The van der Waals surface area contributed by atoms with E-state index in [1.165, 1.54) is 6.20 Å². The average molecular weight is 349 g/mol. The highest BCUT2D eigenvalue weighted by Gasteiger charge is 2.35. The molecule has 1 heterocycles. The lowest BCUT2D eigenvalue weighted by atomic mass is 10.3. The van der Waals surface area contributed by atoms with Gasteiger partial charge in [0.1, 0.15) is 5.03 Å². The zero-order valence-electron chi connectivity index (χ0n) is 8.89. The molecule has 0 saturated carbocycles. The molecule has 0 aromatic carbocycles. The number of rotatable bonds is 4. The van der Waals surface area contributed by atoms with Gasteiger partial charge in [0.25, 0.3) is 0 Å². The Morgan fingerprint density at radius 1 is 1.53 bits per heavy atom. The van der Waals surface area contributed by atoms with Crippen LogP contribution >= 0.6 is 39.3 Å². The van der Waals surface area contributed by atoms with E-state index < -0.39 is 11.7 Å². The van der Waals surface area contributed by atoms with Crippen molar-refractivity contribution < 1.29 is 13.2 Å². The molecule has 1 atom stereocenters. The first kappa shape index (κ1) is 15.1. The summed E-state index contributed by atoms with van der Waals surface area (Å²) < 4.78 is 38.6. The van der Waals surface area contributed by atoms with E-state index in [-0.39, 0.29) is 10.3 Å². The largest absolute Gasteiger partial charge is 0.419 e. The molecule has 0 radical (unpaired) electrons. The number of pyridine rings is 1. The van der Waals surface area contributed by atoms with Crippen LogP contribution in [0.1, 0.15) is 18.9 Å². The maximum absolute atomic E-state index is 12.8. The van der Waals surface area contributed by atoms with Gasteiger partial charge in [-0.25, -0.2) is 4.98 Å². The van der Waals surface area contributed by atoms with Crippen LogP contribution in [-0.4, -0.2) is 16.1 Å². The molecule has 0 fully saturated rings. The lowest BCUT2D eigenvalue weighted by Gasteiger charge is -2.14. The monoisotopic (exact) mass is 347 g/mol. The third-order valence-corrected chi connectivity index (χ3v) is 3.79. The summed E-state index contributed by atoms with van der Waals surface area (Å²) in [4.78, 5) is 3.82. The first-order valence-electron chi connectivity index (χ1n) is 4.80. The van der Waals surface area contributed by atoms with Gasteiger partial charge in [0.05, 0.1) is 5.56 Å². The number of thioether (sulfide) groups is 1. The molecule has 0 amide bonds. The number of nitrogens with zero attached hydrogens (tertiary/aromatic N) is 1. The van der Waals surface area contributed by atoms with Crippen LogP contribution in [0.4, 0.5) is 13.2 Å². The Labute approximate surface area is 115 Å². The number of hydrogen-bond acceptors (Lipinski definition) is 2. The minimum absolute atomic E-state index is 0.00156. The second-order valence-electron chi connectivity index (χ2n) is 3.41. The standard InChI is InChI=1S/C10H10BrClF3NS/c1-6(2-3-12)17-9-8(10(13,14)15)4-7(11)5-16-9/h4-6H,2-3H2,1H3. The second-order valence-corrected chi connectivity index (χ2v) is 6.13. The second kappa shape index (κ2) is 6.29. The Morgan fingerprint density at radius 2 is 2.18 bits per heavy atom. The molecule has 1 rings (SSSR count). The molecule has 0 bridgehead atoms. The predicted octanol–water partition coefficient (Wildman–Crippen LogP) is 4.97. The SMILES string of the molecule is CC(CCCl)Sc1ncc(Br)cc1C(F)(F)F. The van der Waals surface area contributed by atoms with Crippen LogP contribution in [0.5, 0.6) is 0 Å². The normalized spacial score (nSPS) is 13.8. The van der Waals surface area contributed by atoms with Crippen LogP contribution in [0.15, 0.2) is 21.8 Å². The van der Waals surface area contributed by atoms with E-state index in [4.69, 9.17) is 11.6 Å². The Balaban J connectivity index is 2.99. The smallest absolute Gasteiger partial charge is 0.248 e. The molecule has 7 heteroatoms. The van der Waals surface area contributed by atoms with Crippen molar-refractivity contribution in [3.05, 3.63) is 22.3 Å². The Kier molecular flexibility index (Phi) is 5.60. The van der Waals surface area contributed by atoms with E-state index in [2.05, 4.69) is 20.9 Å². The molecule has 0 aliphatic rings. The maximum Gasteiger partial charge on any atom is 0.419 e. The first-order valence-corrected chi connectivity index (χ1v) is 7.00.